The van der Waals surface area contributed by atoms with Crippen LogP contribution in [0.5, 0.6) is 0 Å². The van der Waals surface area contributed by atoms with Crippen molar-refractivity contribution in [2.24, 2.45) is 5.92 Å². The first kappa shape index (κ1) is 10.8. The predicted molar refractivity (Wildman–Crippen MR) is 61.3 cm³/mol. The van der Waals surface area contributed by atoms with Crippen molar-refractivity contribution in [2.75, 3.05) is 5.32 Å². The van der Waals surface area contributed by atoms with Gasteiger partial charge in [0.2, 0.25) is 0 Å². The largest absolute Gasteiger partial charge is 0.381 e. The van der Waals surface area contributed by atoms with Crippen LogP contribution in [0.15, 0.2) is 37.2 Å². The predicted octanol–water partition coefficient (Wildman–Crippen LogP) is 3.09. The van der Waals surface area contributed by atoms with E-state index in [4.69, 9.17) is 0 Å². The fourth-order valence-corrected chi connectivity index (χ4v) is 1.32. The molecule has 0 aliphatic heterocycles. The molecule has 0 aromatic carbocycles. The third-order valence-corrected chi connectivity index (χ3v) is 2.45. The van der Waals surface area contributed by atoms with Crippen molar-refractivity contribution >= 4 is 5.69 Å². The van der Waals surface area contributed by atoms with E-state index in [1.165, 1.54) is 0 Å². The van der Waals surface area contributed by atoms with E-state index in [2.05, 4.69) is 30.7 Å². The van der Waals surface area contributed by atoms with E-state index in [1.54, 1.807) is 6.20 Å². The SMILES string of the molecule is C=CCC(C)C(C)Nc1cccnc1. The van der Waals surface area contributed by atoms with Crippen LogP contribution in [0.2, 0.25) is 0 Å². The highest BCUT2D eigenvalue weighted by atomic mass is 14.9. The summed E-state index contributed by atoms with van der Waals surface area (Å²) in [5.41, 5.74) is 1.08. The molecule has 14 heavy (non-hydrogen) atoms. The number of anilines is 1. The summed E-state index contributed by atoms with van der Waals surface area (Å²) in [4.78, 5) is 4.06. The number of allylic oxidation sites excluding steroid dienone is 1. The molecule has 2 unspecified atom stereocenters. The lowest BCUT2D eigenvalue weighted by molar-refractivity contribution is 0.517. The number of nitrogens with zero attached hydrogens (tertiary/aromatic N) is 1. The molecule has 1 heterocycles. The maximum absolute atomic E-state index is 4.06. The molecule has 0 spiro atoms. The number of hydrogen-bond donors (Lipinski definition) is 1. The summed E-state index contributed by atoms with van der Waals surface area (Å²) in [5, 5.41) is 3.42. The highest BCUT2D eigenvalue weighted by Gasteiger charge is 2.09. The third-order valence-electron chi connectivity index (χ3n) is 2.45. The molecule has 2 nitrogen and oxygen atoms in total. The van der Waals surface area contributed by atoms with Crippen LogP contribution in [0, 0.1) is 5.92 Å². The van der Waals surface area contributed by atoms with Crippen molar-refractivity contribution in [3.05, 3.63) is 37.2 Å². The maximum atomic E-state index is 4.06. The molecule has 1 N–H and O–H groups in total. The van der Waals surface area contributed by atoms with Gasteiger partial charge in [-0.1, -0.05) is 13.0 Å². The minimum absolute atomic E-state index is 0.442. The zero-order valence-electron chi connectivity index (χ0n) is 8.90. The maximum Gasteiger partial charge on any atom is 0.0528 e. The average Bonchev–Trinajstić information content (AvgIpc) is 2.19. The highest BCUT2D eigenvalue weighted by molar-refractivity contribution is 5.40. The first-order chi connectivity index (χ1) is 6.74. The second-order valence-corrected chi connectivity index (χ2v) is 3.68. The van der Waals surface area contributed by atoms with Gasteiger partial charge in [-0.25, -0.2) is 0 Å². The quantitative estimate of drug-likeness (QED) is 0.722. The Kier molecular flexibility index (Phi) is 4.17. The fourth-order valence-electron chi connectivity index (χ4n) is 1.32. The number of hydrogen-bond acceptors (Lipinski definition) is 2. The van der Waals surface area contributed by atoms with Crippen molar-refractivity contribution in [1.82, 2.24) is 4.98 Å². The van der Waals surface area contributed by atoms with Gasteiger partial charge >= 0.3 is 0 Å². The summed E-state index contributed by atoms with van der Waals surface area (Å²) in [5.74, 6) is 0.590. The Hall–Kier alpha value is -1.31. The molecule has 0 bridgehead atoms. The standard InChI is InChI=1S/C12H18N2/c1-4-6-10(2)11(3)14-12-7-5-8-13-9-12/h4-5,7-11,14H,1,6H2,2-3H3. The lowest BCUT2D eigenvalue weighted by atomic mass is 10.00. The van der Waals surface area contributed by atoms with Gasteiger partial charge in [-0.3, -0.25) is 4.98 Å². The fraction of sp³-hybridized carbons (Fsp3) is 0.417. The minimum Gasteiger partial charge on any atom is -0.381 e. The van der Waals surface area contributed by atoms with Crippen molar-refractivity contribution in [3.63, 3.8) is 0 Å². The minimum atomic E-state index is 0.442. The van der Waals surface area contributed by atoms with Gasteiger partial charge in [0.1, 0.15) is 0 Å². The van der Waals surface area contributed by atoms with E-state index >= 15 is 0 Å². The first-order valence-electron chi connectivity index (χ1n) is 5.01. The van der Waals surface area contributed by atoms with Crippen molar-refractivity contribution in [3.8, 4) is 0 Å². The summed E-state index contributed by atoms with van der Waals surface area (Å²) in [6.45, 7) is 8.15. The smallest absolute Gasteiger partial charge is 0.0528 e. The molecule has 0 fully saturated rings. The number of aromatic nitrogens is 1. The topological polar surface area (TPSA) is 24.9 Å². The second-order valence-electron chi connectivity index (χ2n) is 3.68. The first-order valence-corrected chi connectivity index (χ1v) is 5.01. The molecule has 0 amide bonds. The monoisotopic (exact) mass is 190 g/mol. The van der Waals surface area contributed by atoms with Crippen LogP contribution in [-0.4, -0.2) is 11.0 Å². The molecular formula is C12H18N2. The Morgan fingerprint density at radius 2 is 2.36 bits per heavy atom. The van der Waals surface area contributed by atoms with Crippen LogP contribution in [0.25, 0.3) is 0 Å². The molecule has 1 aromatic rings. The molecule has 0 aliphatic rings. The summed E-state index contributed by atoms with van der Waals surface area (Å²) in [7, 11) is 0. The Morgan fingerprint density at radius 1 is 1.57 bits per heavy atom. The normalized spacial score (nSPS) is 14.4. The van der Waals surface area contributed by atoms with Crippen LogP contribution in [0.3, 0.4) is 0 Å². The molecule has 0 radical (unpaired) electrons. The Morgan fingerprint density at radius 3 is 2.93 bits per heavy atom. The average molecular weight is 190 g/mol. The van der Waals surface area contributed by atoms with Gasteiger partial charge in [0.05, 0.1) is 5.69 Å². The van der Waals surface area contributed by atoms with Crippen LogP contribution in [-0.2, 0) is 0 Å². The highest BCUT2D eigenvalue weighted by Crippen LogP contribution is 2.13. The van der Waals surface area contributed by atoms with E-state index in [0.717, 1.165) is 12.1 Å². The summed E-state index contributed by atoms with van der Waals surface area (Å²) < 4.78 is 0. The van der Waals surface area contributed by atoms with Gasteiger partial charge in [0, 0.05) is 18.4 Å². The lowest BCUT2D eigenvalue weighted by Gasteiger charge is -2.20. The molecule has 0 saturated carbocycles. The van der Waals surface area contributed by atoms with Gasteiger partial charge in [-0.2, -0.15) is 0 Å². The van der Waals surface area contributed by atoms with Crippen LogP contribution >= 0.6 is 0 Å². The Bertz CT molecular complexity index is 269. The van der Waals surface area contributed by atoms with Crippen LogP contribution in [0.4, 0.5) is 5.69 Å². The van der Waals surface area contributed by atoms with Gasteiger partial charge in [-0.05, 0) is 31.4 Å². The van der Waals surface area contributed by atoms with Crippen molar-refractivity contribution in [2.45, 2.75) is 26.3 Å². The molecule has 0 saturated heterocycles. The molecule has 1 aromatic heterocycles. The lowest BCUT2D eigenvalue weighted by Crippen LogP contribution is -2.23. The van der Waals surface area contributed by atoms with E-state index in [9.17, 15) is 0 Å². The van der Waals surface area contributed by atoms with Gasteiger partial charge in [-0.15, -0.1) is 6.58 Å². The van der Waals surface area contributed by atoms with E-state index in [0.29, 0.717) is 12.0 Å². The molecule has 1 rings (SSSR count). The van der Waals surface area contributed by atoms with E-state index in [-0.39, 0.29) is 0 Å². The zero-order chi connectivity index (χ0) is 10.4. The van der Waals surface area contributed by atoms with E-state index < -0.39 is 0 Å². The van der Waals surface area contributed by atoms with Crippen LogP contribution < -0.4 is 5.32 Å². The summed E-state index contributed by atoms with van der Waals surface area (Å²) in [6.07, 6.45) is 6.63. The number of rotatable bonds is 5. The van der Waals surface area contributed by atoms with E-state index in [1.807, 2.05) is 24.4 Å². The number of pyridine rings is 1. The Labute approximate surface area is 86.1 Å². The third kappa shape index (κ3) is 3.21. The molecule has 2 heteroatoms. The Balaban J connectivity index is 2.48. The summed E-state index contributed by atoms with van der Waals surface area (Å²) in [6, 6.07) is 4.41. The van der Waals surface area contributed by atoms with Gasteiger partial charge < -0.3 is 5.32 Å². The van der Waals surface area contributed by atoms with Crippen LogP contribution in [0.1, 0.15) is 20.3 Å². The second kappa shape index (κ2) is 5.43. The molecule has 76 valence electrons. The van der Waals surface area contributed by atoms with Crippen molar-refractivity contribution < 1.29 is 0 Å². The van der Waals surface area contributed by atoms with Gasteiger partial charge in [0.15, 0.2) is 0 Å². The number of nitrogens with one attached hydrogen (secondary N) is 1. The van der Waals surface area contributed by atoms with Gasteiger partial charge in [0.25, 0.3) is 0 Å². The van der Waals surface area contributed by atoms with Crippen molar-refractivity contribution in [1.29, 1.82) is 0 Å². The molecule has 0 aliphatic carbocycles. The summed E-state index contributed by atoms with van der Waals surface area (Å²) >= 11 is 0. The molecule has 2 atom stereocenters. The molecular weight excluding hydrogens is 172 g/mol. The zero-order valence-corrected chi connectivity index (χ0v) is 8.90.